The van der Waals surface area contributed by atoms with Crippen LogP contribution in [0.15, 0.2) is 43.9 Å². The Morgan fingerprint density at radius 1 is 1.33 bits per heavy atom. The van der Waals surface area contributed by atoms with Gasteiger partial charge in [-0.15, -0.1) is 9.03 Å². The molecule has 18 heavy (non-hydrogen) atoms. The lowest BCUT2D eigenvalue weighted by Crippen LogP contribution is -2.02. The van der Waals surface area contributed by atoms with E-state index in [1.807, 2.05) is 30.3 Å². The molecular formula is C9H10N3O3P3. The van der Waals surface area contributed by atoms with Crippen molar-refractivity contribution in [3.8, 4) is 5.75 Å². The zero-order chi connectivity index (χ0) is 12.3. The predicted molar refractivity (Wildman–Crippen MR) is 70.8 cm³/mol. The molecule has 6 nitrogen and oxygen atoms in total. The lowest BCUT2D eigenvalue weighted by molar-refractivity contribution is 0.258. The Bertz CT molecular complexity index is 530. The molecular weight excluding hydrogens is 291 g/mol. The van der Waals surface area contributed by atoms with E-state index in [1.165, 1.54) is 0 Å². The van der Waals surface area contributed by atoms with Gasteiger partial charge in [0.05, 0.1) is 13.2 Å². The first-order valence-electron chi connectivity index (χ1n) is 5.31. The maximum atomic E-state index is 5.85. The van der Waals surface area contributed by atoms with Crippen LogP contribution < -0.4 is 4.52 Å². The summed E-state index contributed by atoms with van der Waals surface area (Å²) in [5.41, 5.74) is 0. The lowest BCUT2D eigenvalue weighted by atomic mass is 10.3. The Hall–Kier alpha value is -0.630. The van der Waals surface area contributed by atoms with Crippen LogP contribution in [0.2, 0.25) is 0 Å². The minimum atomic E-state index is -2.57. The highest BCUT2D eigenvalue weighted by Crippen LogP contribution is 2.60. The summed E-state index contributed by atoms with van der Waals surface area (Å²) in [5.74, 6) is 0.711. The van der Waals surface area contributed by atoms with Crippen LogP contribution in [0, 0.1) is 0 Å². The van der Waals surface area contributed by atoms with Crippen molar-refractivity contribution in [1.82, 2.24) is 0 Å². The molecule has 0 saturated carbocycles. The smallest absolute Gasteiger partial charge is 0.405 e. The second-order valence-corrected chi connectivity index (χ2v) is 7.52. The second-order valence-electron chi connectivity index (χ2n) is 3.59. The molecule has 1 aromatic rings. The van der Waals surface area contributed by atoms with E-state index >= 15 is 0 Å². The summed E-state index contributed by atoms with van der Waals surface area (Å²) < 4.78 is 29.3. The van der Waals surface area contributed by atoms with Gasteiger partial charge in [-0.25, -0.2) is 0 Å². The zero-order valence-electron chi connectivity index (χ0n) is 9.29. The first kappa shape index (κ1) is 12.4. The quantitative estimate of drug-likeness (QED) is 0.592. The molecule has 94 valence electrons. The van der Waals surface area contributed by atoms with E-state index in [2.05, 4.69) is 13.5 Å². The van der Waals surface area contributed by atoms with Gasteiger partial charge >= 0.3 is 7.66 Å². The number of epoxide rings is 1. The van der Waals surface area contributed by atoms with Gasteiger partial charge in [-0.05, 0) is 12.1 Å². The van der Waals surface area contributed by atoms with Crippen LogP contribution in [0.4, 0.5) is 0 Å². The number of rotatable bonds is 5. The Labute approximate surface area is 108 Å². The Balaban J connectivity index is 1.79. The third kappa shape index (κ3) is 3.23. The molecule has 2 aliphatic heterocycles. The molecule has 2 aliphatic rings. The van der Waals surface area contributed by atoms with Crippen molar-refractivity contribution in [2.45, 2.75) is 6.10 Å². The molecule has 3 rings (SSSR count). The average molecular weight is 301 g/mol. The minimum Gasteiger partial charge on any atom is -0.422 e. The van der Waals surface area contributed by atoms with Gasteiger partial charge in [-0.1, -0.05) is 18.2 Å². The van der Waals surface area contributed by atoms with Crippen LogP contribution in [-0.4, -0.2) is 19.3 Å². The molecule has 1 fully saturated rings. The summed E-state index contributed by atoms with van der Waals surface area (Å²) >= 11 is 0. The number of nitrogens with zero attached hydrogens (tertiary/aromatic N) is 3. The van der Waals surface area contributed by atoms with Gasteiger partial charge < -0.3 is 9.26 Å². The van der Waals surface area contributed by atoms with Crippen LogP contribution in [0.5, 0.6) is 5.75 Å². The van der Waals surface area contributed by atoms with Gasteiger partial charge in [0.2, 0.25) is 0 Å². The fourth-order valence-corrected chi connectivity index (χ4v) is 5.11. The highest BCUT2D eigenvalue weighted by molar-refractivity contribution is 7.65. The van der Waals surface area contributed by atoms with Crippen molar-refractivity contribution in [2.75, 3.05) is 13.2 Å². The second kappa shape index (κ2) is 5.56. The van der Waals surface area contributed by atoms with Crippen molar-refractivity contribution < 1.29 is 13.8 Å². The van der Waals surface area contributed by atoms with E-state index in [1.54, 1.807) is 0 Å². The Morgan fingerprint density at radius 3 is 2.83 bits per heavy atom. The molecule has 1 saturated heterocycles. The van der Waals surface area contributed by atoms with Crippen LogP contribution in [-0.2, 0) is 9.26 Å². The van der Waals surface area contributed by atoms with Crippen LogP contribution in [0.3, 0.4) is 0 Å². The van der Waals surface area contributed by atoms with Gasteiger partial charge in [0.25, 0.3) is 0 Å². The van der Waals surface area contributed by atoms with Crippen molar-refractivity contribution in [3.05, 3.63) is 30.3 Å². The van der Waals surface area contributed by atoms with E-state index in [0.29, 0.717) is 29.4 Å². The maximum Gasteiger partial charge on any atom is 0.405 e. The standard InChI is InChI=1S/C9H10N3O3P3/c1-2-4-8(5-3-1)15-18(11-16-10-17-12-18)14-7-9-6-13-9/h1-5,9H,6-7H2. The summed E-state index contributed by atoms with van der Waals surface area (Å²) in [6, 6.07) is 9.46. The average Bonchev–Trinajstić information content (AvgIpc) is 3.23. The Morgan fingerprint density at radius 2 is 2.17 bits per heavy atom. The fraction of sp³-hybridized carbons (Fsp3) is 0.333. The predicted octanol–water partition coefficient (Wildman–Crippen LogP) is 4.53. The van der Waals surface area contributed by atoms with Gasteiger partial charge in [-0.2, -0.15) is 4.52 Å². The summed E-state index contributed by atoms with van der Waals surface area (Å²) in [4.78, 5) is 0. The van der Waals surface area contributed by atoms with Crippen molar-refractivity contribution in [2.24, 2.45) is 13.5 Å². The van der Waals surface area contributed by atoms with Gasteiger partial charge in [-0.3, -0.25) is 4.52 Å². The topological polar surface area (TPSA) is 68.1 Å². The number of ether oxygens (including phenoxy) is 1. The first-order valence-corrected chi connectivity index (χ1v) is 8.44. The van der Waals surface area contributed by atoms with Crippen LogP contribution in [0.1, 0.15) is 0 Å². The van der Waals surface area contributed by atoms with E-state index in [4.69, 9.17) is 13.8 Å². The Kier molecular flexibility index (Phi) is 3.83. The van der Waals surface area contributed by atoms with Gasteiger partial charge in [0, 0.05) is 0 Å². The van der Waals surface area contributed by atoms with Gasteiger partial charge in [0.1, 0.15) is 11.9 Å². The van der Waals surface area contributed by atoms with E-state index < -0.39 is 7.66 Å². The number of hydrogen-bond donors (Lipinski definition) is 0. The largest absolute Gasteiger partial charge is 0.422 e. The molecule has 2 atom stereocenters. The lowest BCUT2D eigenvalue weighted by Gasteiger charge is -2.19. The molecule has 1 aromatic carbocycles. The number of benzene rings is 1. The highest BCUT2D eigenvalue weighted by Gasteiger charge is 2.31. The zero-order valence-corrected chi connectivity index (χ0v) is 12.0. The normalized spacial score (nSPS) is 30.6. The molecule has 0 radical (unpaired) electrons. The van der Waals surface area contributed by atoms with E-state index in [0.717, 1.165) is 6.61 Å². The van der Waals surface area contributed by atoms with Crippen molar-refractivity contribution in [1.29, 1.82) is 0 Å². The molecule has 9 heteroatoms. The summed E-state index contributed by atoms with van der Waals surface area (Å²) in [6.45, 7) is 1.21. The van der Waals surface area contributed by atoms with E-state index in [-0.39, 0.29) is 6.10 Å². The molecule has 0 aliphatic carbocycles. The highest BCUT2D eigenvalue weighted by atomic mass is 31.2. The fourth-order valence-electron chi connectivity index (χ4n) is 1.25. The van der Waals surface area contributed by atoms with Crippen molar-refractivity contribution >= 4 is 24.7 Å². The summed E-state index contributed by atoms with van der Waals surface area (Å²) in [7, 11) is -1.35. The molecule has 0 bridgehead atoms. The monoisotopic (exact) mass is 301 g/mol. The third-order valence-electron chi connectivity index (χ3n) is 2.18. The summed E-state index contributed by atoms with van der Waals surface area (Å²) in [5, 5.41) is 0. The van der Waals surface area contributed by atoms with Crippen molar-refractivity contribution in [3.63, 3.8) is 0 Å². The first-order chi connectivity index (χ1) is 8.86. The molecule has 0 amide bonds. The van der Waals surface area contributed by atoms with E-state index in [9.17, 15) is 0 Å². The van der Waals surface area contributed by atoms with Crippen LogP contribution in [0.25, 0.3) is 0 Å². The molecule has 2 unspecified atom stereocenters. The third-order valence-corrected chi connectivity index (χ3v) is 6.21. The maximum absolute atomic E-state index is 5.85. The van der Waals surface area contributed by atoms with Crippen LogP contribution >= 0.6 is 24.7 Å². The molecule has 2 heterocycles. The number of hydrogen-bond acceptors (Lipinski definition) is 6. The van der Waals surface area contributed by atoms with Gasteiger partial charge in [0.15, 0.2) is 17.0 Å². The molecule has 0 aromatic heterocycles. The molecule has 0 N–H and O–H groups in total. The summed E-state index contributed by atoms with van der Waals surface area (Å²) in [6.07, 6.45) is 0.166. The number of para-hydroxylation sites is 1. The molecule has 0 spiro atoms. The SMILES string of the molecule is c1ccc(OP2(OCC3CO3)=NP=NP=N2)cc1. The minimum absolute atomic E-state index is 0.166.